The van der Waals surface area contributed by atoms with E-state index in [-0.39, 0.29) is 18.1 Å². The molecule has 2 aromatic heterocycles. The Morgan fingerprint density at radius 3 is 2.71 bits per heavy atom. The monoisotopic (exact) mass is 385 g/mol. The number of hydrogen-bond acceptors (Lipinski definition) is 4. The van der Waals surface area contributed by atoms with E-state index in [9.17, 15) is 19.1 Å². The molecule has 0 aliphatic heterocycles. The fourth-order valence-corrected chi connectivity index (χ4v) is 2.87. The molecule has 4 N–H and O–H groups in total. The highest BCUT2D eigenvalue weighted by molar-refractivity contribution is 5.98. The van der Waals surface area contributed by atoms with Gasteiger partial charge < -0.3 is 25.3 Å². The summed E-state index contributed by atoms with van der Waals surface area (Å²) in [6, 6.07) is 10.4. The lowest BCUT2D eigenvalue weighted by molar-refractivity contribution is -0.120. The van der Waals surface area contributed by atoms with Gasteiger partial charge in [0.1, 0.15) is 29.9 Å². The maximum absolute atomic E-state index is 13.7. The second-order valence-corrected chi connectivity index (χ2v) is 6.33. The minimum Gasteiger partial charge on any atom is -0.487 e. The Morgan fingerprint density at radius 1 is 1.29 bits per heavy atom. The molecule has 3 aromatic rings. The van der Waals surface area contributed by atoms with Crippen LogP contribution in [0.15, 0.2) is 48.7 Å². The first-order chi connectivity index (χ1) is 13.4. The summed E-state index contributed by atoms with van der Waals surface area (Å²) in [6.07, 6.45) is 1.61. The number of halogens is 1. The van der Waals surface area contributed by atoms with E-state index >= 15 is 0 Å². The molecular formula is C20H20FN3O4. The number of benzene rings is 1. The van der Waals surface area contributed by atoms with E-state index in [1.807, 2.05) is 0 Å². The minimum atomic E-state index is -1.18. The van der Waals surface area contributed by atoms with Crippen LogP contribution < -0.4 is 15.8 Å². The number of aryl methyl sites for hydroxylation is 1. The number of carbonyl (C=O) groups is 2. The lowest BCUT2D eigenvalue weighted by Crippen LogP contribution is -2.47. The number of aromatic nitrogens is 1. The zero-order valence-corrected chi connectivity index (χ0v) is 15.2. The van der Waals surface area contributed by atoms with Gasteiger partial charge in [0.25, 0.3) is 5.91 Å². The van der Waals surface area contributed by atoms with Crippen molar-refractivity contribution < 1.29 is 23.8 Å². The van der Waals surface area contributed by atoms with Crippen molar-refractivity contribution in [3.05, 3.63) is 71.3 Å². The molecule has 0 saturated heterocycles. The van der Waals surface area contributed by atoms with Crippen molar-refractivity contribution in [3.8, 4) is 5.75 Å². The van der Waals surface area contributed by atoms with Crippen LogP contribution in [0.25, 0.3) is 5.52 Å². The summed E-state index contributed by atoms with van der Waals surface area (Å²) in [5, 5.41) is 11.6. The topological polar surface area (TPSA) is 106 Å². The second kappa shape index (κ2) is 8.10. The quantitative estimate of drug-likeness (QED) is 0.574. The number of hydrogen-bond donors (Lipinski definition) is 3. The zero-order chi connectivity index (χ0) is 20.3. The lowest BCUT2D eigenvalue weighted by Gasteiger charge is -2.14. The van der Waals surface area contributed by atoms with Crippen molar-refractivity contribution >= 4 is 17.3 Å². The molecule has 0 spiro atoms. The van der Waals surface area contributed by atoms with Gasteiger partial charge in [-0.2, -0.15) is 0 Å². The summed E-state index contributed by atoms with van der Waals surface area (Å²) < 4.78 is 21.0. The van der Waals surface area contributed by atoms with Gasteiger partial charge >= 0.3 is 0 Å². The first-order valence-electron chi connectivity index (χ1n) is 8.59. The fourth-order valence-electron chi connectivity index (χ4n) is 2.87. The third kappa shape index (κ3) is 3.96. The minimum absolute atomic E-state index is 0.0359. The van der Waals surface area contributed by atoms with Crippen LogP contribution >= 0.6 is 0 Å². The molecule has 0 saturated carbocycles. The number of aliphatic hydroxyl groups is 1. The van der Waals surface area contributed by atoms with E-state index in [0.717, 1.165) is 5.52 Å². The van der Waals surface area contributed by atoms with Crippen LogP contribution in [0.3, 0.4) is 0 Å². The largest absolute Gasteiger partial charge is 0.487 e. The van der Waals surface area contributed by atoms with E-state index in [1.54, 1.807) is 53.9 Å². The molecule has 0 aliphatic carbocycles. The molecular weight excluding hydrogens is 365 g/mol. The van der Waals surface area contributed by atoms with Crippen molar-refractivity contribution in [2.45, 2.75) is 19.6 Å². The smallest absolute Gasteiger partial charge is 0.269 e. The summed E-state index contributed by atoms with van der Waals surface area (Å²) in [7, 11) is 0. The molecule has 0 unspecified atom stereocenters. The maximum atomic E-state index is 13.7. The Kier molecular flexibility index (Phi) is 5.60. The third-order valence-corrected chi connectivity index (χ3v) is 4.33. The Hall–Kier alpha value is -3.39. The highest BCUT2D eigenvalue weighted by atomic mass is 19.1. The second-order valence-electron chi connectivity index (χ2n) is 6.33. The van der Waals surface area contributed by atoms with E-state index < -0.39 is 24.5 Å². The van der Waals surface area contributed by atoms with Gasteiger partial charge in [-0.1, -0.05) is 18.2 Å². The molecule has 2 amide bonds. The van der Waals surface area contributed by atoms with Gasteiger partial charge in [-0.3, -0.25) is 9.59 Å². The number of nitrogens with two attached hydrogens (primary N) is 1. The summed E-state index contributed by atoms with van der Waals surface area (Å²) in [4.78, 5) is 23.9. The number of nitrogens with one attached hydrogen (secondary N) is 1. The number of aliphatic hydroxyl groups excluding tert-OH is 1. The van der Waals surface area contributed by atoms with Gasteiger partial charge in [0.2, 0.25) is 5.91 Å². The predicted molar refractivity (Wildman–Crippen MR) is 100 cm³/mol. The fraction of sp³-hybridized carbons (Fsp3) is 0.200. The van der Waals surface area contributed by atoms with Crippen molar-refractivity contribution in [3.63, 3.8) is 0 Å². The Morgan fingerprint density at radius 2 is 2.04 bits per heavy atom. The molecule has 0 aliphatic rings. The molecule has 1 aromatic carbocycles. The van der Waals surface area contributed by atoms with Crippen molar-refractivity contribution in [1.82, 2.24) is 9.72 Å². The maximum Gasteiger partial charge on any atom is 0.269 e. The number of amides is 2. The summed E-state index contributed by atoms with van der Waals surface area (Å²) in [5.41, 5.74) is 7.26. The molecule has 3 rings (SSSR count). The van der Waals surface area contributed by atoms with Gasteiger partial charge in [-0.15, -0.1) is 0 Å². The third-order valence-electron chi connectivity index (χ3n) is 4.33. The van der Waals surface area contributed by atoms with Gasteiger partial charge in [0.15, 0.2) is 0 Å². The number of rotatable bonds is 7. The zero-order valence-electron chi connectivity index (χ0n) is 15.2. The Balaban J connectivity index is 1.86. The van der Waals surface area contributed by atoms with Crippen LogP contribution in [0.4, 0.5) is 4.39 Å². The molecule has 2 heterocycles. The highest BCUT2D eigenvalue weighted by Gasteiger charge is 2.21. The standard InChI is InChI=1S/C20H20FN3O4/c1-12-8-14-6-7-15(28-11-13-4-2-3-5-16(13)21)9-24(14)18(12)20(27)23-17(10-25)19(22)26/h2-9,17,25H,10-11H2,1H3,(H2,22,26)(H,23,27)/t17-/m0/s1. The van der Waals surface area contributed by atoms with Gasteiger partial charge in [0, 0.05) is 11.1 Å². The molecule has 28 heavy (non-hydrogen) atoms. The molecule has 0 bridgehead atoms. The Bertz CT molecular complexity index is 1030. The van der Waals surface area contributed by atoms with Crippen LogP contribution in [0.1, 0.15) is 21.6 Å². The van der Waals surface area contributed by atoms with Crippen LogP contribution in [0.5, 0.6) is 5.75 Å². The highest BCUT2D eigenvalue weighted by Crippen LogP contribution is 2.21. The summed E-state index contributed by atoms with van der Waals surface area (Å²) in [6.45, 7) is 1.19. The Labute approximate surface area is 160 Å². The number of nitrogens with zero attached hydrogens (tertiary/aromatic N) is 1. The van der Waals surface area contributed by atoms with Crippen molar-refractivity contribution in [1.29, 1.82) is 0 Å². The summed E-state index contributed by atoms with van der Waals surface area (Å²) in [5.74, 6) is -1.30. The lowest BCUT2D eigenvalue weighted by atomic mass is 10.2. The SMILES string of the molecule is Cc1cc2ccc(OCc3ccccc3F)cn2c1C(=O)N[C@@H](CO)C(N)=O. The average Bonchev–Trinajstić information content (AvgIpc) is 3.00. The number of pyridine rings is 1. The van der Waals surface area contributed by atoms with Crippen LogP contribution in [-0.4, -0.2) is 34.0 Å². The molecule has 7 nitrogen and oxygen atoms in total. The average molecular weight is 385 g/mol. The molecule has 8 heteroatoms. The van der Waals surface area contributed by atoms with E-state index in [0.29, 0.717) is 16.9 Å². The number of fused-ring (bicyclic) bond motifs is 1. The van der Waals surface area contributed by atoms with Gasteiger partial charge in [-0.25, -0.2) is 4.39 Å². The van der Waals surface area contributed by atoms with Gasteiger partial charge in [-0.05, 0) is 36.8 Å². The molecule has 146 valence electrons. The predicted octanol–water partition coefficient (Wildman–Crippen LogP) is 1.54. The molecule has 1 atom stereocenters. The number of primary amides is 1. The molecule has 0 fully saturated rings. The summed E-state index contributed by atoms with van der Waals surface area (Å²) >= 11 is 0. The van der Waals surface area contributed by atoms with E-state index in [1.165, 1.54) is 6.07 Å². The van der Waals surface area contributed by atoms with Crippen LogP contribution in [0.2, 0.25) is 0 Å². The van der Waals surface area contributed by atoms with Crippen molar-refractivity contribution in [2.24, 2.45) is 5.73 Å². The van der Waals surface area contributed by atoms with Crippen LogP contribution in [-0.2, 0) is 11.4 Å². The first-order valence-corrected chi connectivity index (χ1v) is 8.59. The number of ether oxygens (including phenoxy) is 1. The van der Waals surface area contributed by atoms with Gasteiger partial charge in [0.05, 0.1) is 12.8 Å². The first kappa shape index (κ1) is 19.4. The van der Waals surface area contributed by atoms with Crippen molar-refractivity contribution in [2.75, 3.05) is 6.61 Å². The van der Waals surface area contributed by atoms with E-state index in [4.69, 9.17) is 10.5 Å². The number of carbonyl (C=O) groups excluding carboxylic acids is 2. The van der Waals surface area contributed by atoms with E-state index in [2.05, 4.69) is 5.32 Å². The van der Waals surface area contributed by atoms with Crippen LogP contribution in [0, 0.1) is 12.7 Å². The normalized spacial score (nSPS) is 12.0. The molecule has 0 radical (unpaired) electrons.